The fourth-order valence-corrected chi connectivity index (χ4v) is 2.14. The van der Waals surface area contributed by atoms with E-state index in [4.69, 9.17) is 16.4 Å². The van der Waals surface area contributed by atoms with Gasteiger partial charge in [-0.05, 0) is 31.1 Å². The van der Waals surface area contributed by atoms with E-state index in [0.29, 0.717) is 22.9 Å². The Kier molecular flexibility index (Phi) is 5.22. The summed E-state index contributed by atoms with van der Waals surface area (Å²) in [4.78, 5) is 17.1. The SMILES string of the molecule is CCCO/N=C(\C)C1=C(O)/C(=C/c2ccccc2Cl)NC1=O. The third-order valence-corrected chi connectivity index (χ3v) is 3.38. The summed E-state index contributed by atoms with van der Waals surface area (Å²) in [5.41, 5.74) is 1.42. The average Bonchev–Trinajstić information content (AvgIpc) is 2.76. The molecule has 5 nitrogen and oxygen atoms in total. The van der Waals surface area contributed by atoms with Crippen LogP contribution in [0.1, 0.15) is 25.8 Å². The van der Waals surface area contributed by atoms with Crippen molar-refractivity contribution >= 4 is 29.3 Å². The number of nitrogens with one attached hydrogen (secondary N) is 1. The van der Waals surface area contributed by atoms with Crippen molar-refractivity contribution < 1.29 is 14.7 Å². The van der Waals surface area contributed by atoms with Gasteiger partial charge < -0.3 is 15.3 Å². The highest BCUT2D eigenvalue weighted by atomic mass is 35.5. The number of nitrogens with zero attached hydrogens (tertiary/aromatic N) is 1. The molecule has 0 spiro atoms. The summed E-state index contributed by atoms with van der Waals surface area (Å²) in [6, 6.07) is 7.15. The maximum absolute atomic E-state index is 12.0. The number of hydrogen-bond donors (Lipinski definition) is 2. The number of rotatable bonds is 5. The summed E-state index contributed by atoms with van der Waals surface area (Å²) < 4.78 is 0. The number of oxime groups is 1. The Morgan fingerprint density at radius 1 is 1.45 bits per heavy atom. The highest BCUT2D eigenvalue weighted by Gasteiger charge is 2.29. The maximum Gasteiger partial charge on any atom is 0.261 e. The molecule has 0 unspecified atom stereocenters. The number of halogens is 1. The van der Waals surface area contributed by atoms with Gasteiger partial charge in [-0.1, -0.05) is 41.9 Å². The van der Waals surface area contributed by atoms with E-state index >= 15 is 0 Å². The van der Waals surface area contributed by atoms with Gasteiger partial charge in [0.25, 0.3) is 5.91 Å². The van der Waals surface area contributed by atoms with Gasteiger partial charge in [0.05, 0.1) is 11.4 Å². The van der Waals surface area contributed by atoms with Crippen LogP contribution in [0.5, 0.6) is 0 Å². The predicted octanol–water partition coefficient (Wildman–Crippen LogP) is 3.43. The van der Waals surface area contributed by atoms with Crippen molar-refractivity contribution in [3.05, 3.63) is 51.9 Å². The van der Waals surface area contributed by atoms with Crippen LogP contribution in [0.3, 0.4) is 0 Å². The predicted molar refractivity (Wildman–Crippen MR) is 86.6 cm³/mol. The number of carbonyl (C=O) groups excluding carboxylic acids is 1. The average molecular weight is 321 g/mol. The van der Waals surface area contributed by atoms with Crippen molar-refractivity contribution in [3.8, 4) is 0 Å². The van der Waals surface area contributed by atoms with E-state index in [2.05, 4.69) is 10.5 Å². The summed E-state index contributed by atoms with van der Waals surface area (Å²) >= 11 is 6.07. The molecule has 1 aromatic carbocycles. The first-order chi connectivity index (χ1) is 10.5. The molecule has 1 aromatic rings. The van der Waals surface area contributed by atoms with Crippen molar-refractivity contribution in [1.29, 1.82) is 0 Å². The zero-order valence-electron chi connectivity index (χ0n) is 12.4. The van der Waals surface area contributed by atoms with Crippen LogP contribution < -0.4 is 5.32 Å². The molecule has 1 aliphatic rings. The minimum absolute atomic E-state index is 0.106. The molecular weight excluding hydrogens is 304 g/mol. The van der Waals surface area contributed by atoms with Gasteiger partial charge in [0.2, 0.25) is 0 Å². The third kappa shape index (κ3) is 3.49. The Morgan fingerprint density at radius 2 is 2.18 bits per heavy atom. The minimum atomic E-state index is -0.419. The number of benzene rings is 1. The van der Waals surface area contributed by atoms with Gasteiger partial charge in [0.15, 0.2) is 5.76 Å². The maximum atomic E-state index is 12.0. The summed E-state index contributed by atoms with van der Waals surface area (Å²) in [7, 11) is 0. The fourth-order valence-electron chi connectivity index (χ4n) is 1.95. The van der Waals surface area contributed by atoms with E-state index in [-0.39, 0.29) is 17.0 Å². The largest absolute Gasteiger partial charge is 0.505 e. The zero-order chi connectivity index (χ0) is 16.1. The summed E-state index contributed by atoms with van der Waals surface area (Å²) in [5, 5.41) is 17.2. The molecule has 116 valence electrons. The minimum Gasteiger partial charge on any atom is -0.505 e. The molecule has 0 saturated heterocycles. The summed E-state index contributed by atoms with van der Waals surface area (Å²) in [5.74, 6) is -0.580. The molecule has 0 aliphatic carbocycles. The van der Waals surface area contributed by atoms with Crippen molar-refractivity contribution in [2.24, 2.45) is 5.16 Å². The van der Waals surface area contributed by atoms with Crippen molar-refractivity contribution in [2.45, 2.75) is 20.3 Å². The van der Waals surface area contributed by atoms with Gasteiger partial charge in [0, 0.05) is 5.02 Å². The molecule has 0 bridgehead atoms. The fraction of sp³-hybridized carbons (Fsp3) is 0.250. The lowest BCUT2D eigenvalue weighted by Gasteiger charge is -2.01. The number of hydrogen-bond acceptors (Lipinski definition) is 4. The molecule has 0 saturated carbocycles. The molecule has 0 aromatic heterocycles. The van der Waals surface area contributed by atoms with Gasteiger partial charge in [-0.2, -0.15) is 0 Å². The second-order valence-electron chi connectivity index (χ2n) is 4.77. The van der Waals surface area contributed by atoms with Crippen LogP contribution in [-0.2, 0) is 9.63 Å². The van der Waals surface area contributed by atoms with Crippen LogP contribution in [-0.4, -0.2) is 23.3 Å². The van der Waals surface area contributed by atoms with Crippen LogP contribution >= 0.6 is 11.6 Å². The van der Waals surface area contributed by atoms with E-state index < -0.39 is 5.91 Å². The standard InChI is InChI=1S/C16H17ClN2O3/c1-3-8-22-19-10(2)14-15(20)13(18-16(14)21)9-11-6-4-5-7-12(11)17/h4-7,9,20H,3,8H2,1-2H3,(H,18,21)/b13-9-,19-10+. The molecule has 2 rings (SSSR count). The van der Waals surface area contributed by atoms with Gasteiger partial charge >= 0.3 is 0 Å². The molecule has 1 heterocycles. The molecule has 6 heteroatoms. The number of aliphatic hydroxyl groups is 1. The lowest BCUT2D eigenvalue weighted by atomic mass is 10.1. The summed E-state index contributed by atoms with van der Waals surface area (Å²) in [6.07, 6.45) is 2.43. The summed E-state index contributed by atoms with van der Waals surface area (Å²) in [6.45, 7) is 4.02. The highest BCUT2D eigenvalue weighted by molar-refractivity contribution is 6.32. The van der Waals surface area contributed by atoms with Crippen molar-refractivity contribution in [2.75, 3.05) is 6.61 Å². The Labute approximate surface area is 133 Å². The Balaban J connectivity index is 2.32. The van der Waals surface area contributed by atoms with Crippen LogP contribution in [0.4, 0.5) is 0 Å². The van der Waals surface area contributed by atoms with Crippen LogP contribution in [0.25, 0.3) is 6.08 Å². The topological polar surface area (TPSA) is 70.9 Å². The Bertz CT molecular complexity index is 678. The van der Waals surface area contributed by atoms with Crippen LogP contribution in [0.15, 0.2) is 46.5 Å². The number of aliphatic hydroxyl groups excluding tert-OH is 1. The van der Waals surface area contributed by atoms with Crippen molar-refractivity contribution in [3.63, 3.8) is 0 Å². The normalized spacial score (nSPS) is 17.1. The zero-order valence-corrected chi connectivity index (χ0v) is 13.1. The molecule has 2 N–H and O–H groups in total. The van der Waals surface area contributed by atoms with Gasteiger partial charge in [-0.15, -0.1) is 0 Å². The van der Waals surface area contributed by atoms with Gasteiger partial charge in [-0.3, -0.25) is 4.79 Å². The second kappa shape index (κ2) is 7.13. The van der Waals surface area contributed by atoms with E-state index in [0.717, 1.165) is 6.42 Å². The molecule has 1 aliphatic heterocycles. The molecule has 0 fully saturated rings. The first kappa shape index (κ1) is 16.1. The first-order valence-corrected chi connectivity index (χ1v) is 7.30. The number of amides is 1. The lowest BCUT2D eigenvalue weighted by molar-refractivity contribution is -0.115. The van der Waals surface area contributed by atoms with Crippen LogP contribution in [0, 0.1) is 0 Å². The quantitative estimate of drug-likeness (QED) is 0.496. The highest BCUT2D eigenvalue weighted by Crippen LogP contribution is 2.24. The lowest BCUT2D eigenvalue weighted by Crippen LogP contribution is -2.19. The number of carbonyl (C=O) groups is 1. The Hall–Kier alpha value is -2.27. The third-order valence-electron chi connectivity index (χ3n) is 3.03. The van der Waals surface area contributed by atoms with E-state index in [9.17, 15) is 9.90 Å². The second-order valence-corrected chi connectivity index (χ2v) is 5.17. The van der Waals surface area contributed by atoms with Crippen LogP contribution in [0.2, 0.25) is 5.02 Å². The molecule has 22 heavy (non-hydrogen) atoms. The van der Waals surface area contributed by atoms with E-state index in [1.54, 1.807) is 31.2 Å². The van der Waals surface area contributed by atoms with E-state index in [1.807, 2.05) is 13.0 Å². The molecule has 1 amide bonds. The smallest absolute Gasteiger partial charge is 0.261 e. The molecule has 0 atom stereocenters. The monoisotopic (exact) mass is 320 g/mol. The van der Waals surface area contributed by atoms with Gasteiger partial charge in [-0.25, -0.2) is 0 Å². The Morgan fingerprint density at radius 3 is 2.86 bits per heavy atom. The molecule has 0 radical (unpaired) electrons. The van der Waals surface area contributed by atoms with Crippen molar-refractivity contribution in [1.82, 2.24) is 5.32 Å². The van der Waals surface area contributed by atoms with Gasteiger partial charge in [0.1, 0.15) is 12.2 Å². The molecular formula is C16H17ClN2O3. The first-order valence-electron chi connectivity index (χ1n) is 6.92. The van der Waals surface area contributed by atoms with E-state index in [1.165, 1.54) is 0 Å².